The normalized spacial score (nSPS) is 22.7. The zero-order valence-corrected chi connectivity index (χ0v) is 23.8. The van der Waals surface area contributed by atoms with Crippen LogP contribution in [-0.4, -0.2) is 69.8 Å². The third-order valence-electron chi connectivity index (χ3n) is 6.15. The Morgan fingerprint density at radius 3 is 2.31 bits per heavy atom. The molecule has 0 bridgehead atoms. The Bertz CT molecular complexity index is 1170. The maximum atomic E-state index is 12.3. The summed E-state index contributed by atoms with van der Waals surface area (Å²) < 4.78 is 24.7. The monoisotopic (exact) mass is 563 g/mol. The van der Waals surface area contributed by atoms with Gasteiger partial charge in [-0.2, -0.15) is 0 Å². The molecule has 2 heterocycles. The molecule has 12 heteroatoms. The van der Waals surface area contributed by atoms with Crippen LogP contribution in [0.2, 0.25) is 0 Å². The molecular formula is C27H37N3O8S. The van der Waals surface area contributed by atoms with Gasteiger partial charge in [-0.3, -0.25) is 19.2 Å². The van der Waals surface area contributed by atoms with Crippen LogP contribution >= 0.6 is 11.8 Å². The number of unbranched alkanes of at least 4 members (excludes halogenated alkanes) is 3. The van der Waals surface area contributed by atoms with Crippen molar-refractivity contribution in [2.45, 2.75) is 102 Å². The highest BCUT2D eigenvalue weighted by molar-refractivity contribution is 7.99. The van der Waals surface area contributed by atoms with E-state index in [0.29, 0.717) is 5.16 Å². The average Bonchev–Trinajstić information content (AvgIpc) is 3.20. The number of imidazole rings is 1. The van der Waals surface area contributed by atoms with Crippen molar-refractivity contribution >= 4 is 46.6 Å². The van der Waals surface area contributed by atoms with Gasteiger partial charge in [-0.05, 0) is 18.6 Å². The Balaban J connectivity index is 2.02. The molecular weight excluding hydrogens is 526 g/mol. The lowest BCUT2D eigenvalue weighted by Crippen LogP contribution is -2.65. The third kappa shape index (κ3) is 8.43. The quantitative estimate of drug-likeness (QED) is 0.233. The molecule has 0 aliphatic carbocycles. The van der Waals surface area contributed by atoms with Crippen LogP contribution in [0, 0.1) is 0 Å². The van der Waals surface area contributed by atoms with Gasteiger partial charge in [-0.1, -0.05) is 50.1 Å². The highest BCUT2D eigenvalue weighted by Gasteiger charge is 2.51. The van der Waals surface area contributed by atoms with E-state index >= 15 is 0 Å². The molecule has 1 aliphatic rings. The number of benzene rings is 1. The first-order chi connectivity index (χ1) is 18.6. The predicted octanol–water partition coefficient (Wildman–Crippen LogP) is 3.36. The lowest BCUT2D eigenvalue weighted by Gasteiger charge is -2.44. The number of ether oxygens (including phenoxy) is 4. The molecule has 0 spiro atoms. The summed E-state index contributed by atoms with van der Waals surface area (Å²) in [5.41, 5.74) is 0.958. The number of nitrogens with one attached hydrogen (secondary N) is 1. The molecule has 5 atom stereocenters. The van der Waals surface area contributed by atoms with Crippen molar-refractivity contribution in [2.24, 2.45) is 0 Å². The van der Waals surface area contributed by atoms with Crippen LogP contribution in [0.1, 0.15) is 60.3 Å². The van der Waals surface area contributed by atoms with Gasteiger partial charge in [0.15, 0.2) is 17.4 Å². The summed E-state index contributed by atoms with van der Waals surface area (Å²) in [6.45, 7) is 7.67. The minimum Gasteiger partial charge on any atom is -0.463 e. The van der Waals surface area contributed by atoms with Gasteiger partial charge in [0, 0.05) is 34.2 Å². The third-order valence-corrected chi connectivity index (χ3v) is 7.31. The van der Waals surface area contributed by atoms with Crippen LogP contribution in [0.25, 0.3) is 11.0 Å². The van der Waals surface area contributed by atoms with Crippen LogP contribution in [-0.2, 0) is 44.7 Å². The Labute approximate surface area is 232 Å². The smallest absolute Gasteiger partial charge is 0.303 e. The molecule has 1 N–H and O–H groups in total. The first kappa shape index (κ1) is 30.4. The lowest BCUT2D eigenvalue weighted by atomic mass is 9.97. The minimum atomic E-state index is -1.13. The van der Waals surface area contributed by atoms with Crippen LogP contribution in [0.15, 0.2) is 29.4 Å². The van der Waals surface area contributed by atoms with Crippen molar-refractivity contribution in [1.29, 1.82) is 0 Å². The topological polar surface area (TPSA) is 135 Å². The second-order valence-corrected chi connectivity index (χ2v) is 10.5. The average molecular weight is 564 g/mol. The Morgan fingerprint density at radius 2 is 1.67 bits per heavy atom. The molecule has 39 heavy (non-hydrogen) atoms. The summed E-state index contributed by atoms with van der Waals surface area (Å²) in [6.07, 6.45) is 1.08. The largest absolute Gasteiger partial charge is 0.463 e. The molecule has 2 aromatic rings. The fourth-order valence-electron chi connectivity index (χ4n) is 4.55. The Morgan fingerprint density at radius 1 is 0.974 bits per heavy atom. The van der Waals surface area contributed by atoms with Crippen LogP contribution in [0.4, 0.5) is 0 Å². The van der Waals surface area contributed by atoms with Gasteiger partial charge in [0.1, 0.15) is 24.2 Å². The molecule has 11 nitrogen and oxygen atoms in total. The van der Waals surface area contributed by atoms with Gasteiger partial charge < -0.3 is 28.8 Å². The zero-order chi connectivity index (χ0) is 28.5. The van der Waals surface area contributed by atoms with E-state index in [2.05, 4.69) is 16.8 Å². The molecule has 1 saturated heterocycles. The molecule has 1 amide bonds. The van der Waals surface area contributed by atoms with Gasteiger partial charge in [0.25, 0.3) is 0 Å². The Kier molecular flexibility index (Phi) is 11.2. The second-order valence-electron chi connectivity index (χ2n) is 9.43. The summed E-state index contributed by atoms with van der Waals surface area (Å²) in [7, 11) is 0. The molecule has 0 radical (unpaired) electrons. The molecule has 1 aromatic carbocycles. The number of aryl methyl sites for hydroxylation is 1. The van der Waals surface area contributed by atoms with E-state index in [4.69, 9.17) is 23.9 Å². The molecule has 0 saturated carbocycles. The molecule has 214 valence electrons. The van der Waals surface area contributed by atoms with E-state index in [1.54, 1.807) is 0 Å². The van der Waals surface area contributed by atoms with Crippen molar-refractivity contribution in [3.63, 3.8) is 0 Å². The van der Waals surface area contributed by atoms with E-state index in [0.717, 1.165) is 43.3 Å². The first-order valence-electron chi connectivity index (χ1n) is 13.1. The number of aromatic nitrogens is 2. The number of amides is 1. The zero-order valence-electron chi connectivity index (χ0n) is 23.0. The van der Waals surface area contributed by atoms with Crippen molar-refractivity contribution < 1.29 is 38.1 Å². The number of carbonyl (C=O) groups is 4. The van der Waals surface area contributed by atoms with Gasteiger partial charge in [-0.15, -0.1) is 0 Å². The molecule has 0 unspecified atom stereocenters. The summed E-state index contributed by atoms with van der Waals surface area (Å²) in [5.74, 6) is -2.21. The van der Waals surface area contributed by atoms with E-state index in [-0.39, 0.29) is 12.5 Å². The summed E-state index contributed by atoms with van der Waals surface area (Å²) >= 11 is 1.26. The van der Waals surface area contributed by atoms with Crippen molar-refractivity contribution in [1.82, 2.24) is 14.9 Å². The number of fused-ring (bicyclic) bond motifs is 1. The molecule has 1 aromatic heterocycles. The second kappa shape index (κ2) is 14.3. The minimum absolute atomic E-state index is 0.248. The lowest BCUT2D eigenvalue weighted by molar-refractivity contribution is -0.211. The molecule has 1 fully saturated rings. The van der Waals surface area contributed by atoms with Crippen molar-refractivity contribution in [3.8, 4) is 0 Å². The van der Waals surface area contributed by atoms with Crippen LogP contribution in [0.3, 0.4) is 0 Å². The number of rotatable bonds is 12. The standard InChI is InChI=1S/C27H37N3O8S/c1-6-7-8-11-14-30-21-13-10-9-12-20(21)29-27(30)39-26-23(28-16(2)31)25(37-19(5)34)24(36-18(4)33)22(38-26)15-35-17(3)32/h9-10,12-13,22-26H,6-8,11,14-15H2,1-5H3,(H,28,31)/t22-,23-,24-,25-,26+/m1/s1. The highest BCUT2D eigenvalue weighted by atomic mass is 32.2. The predicted molar refractivity (Wildman–Crippen MR) is 144 cm³/mol. The molecule has 3 rings (SSSR count). The maximum Gasteiger partial charge on any atom is 0.303 e. The number of esters is 3. The Hall–Kier alpha value is -3.12. The van der Waals surface area contributed by atoms with E-state index in [1.165, 1.54) is 39.5 Å². The number of carbonyl (C=O) groups excluding carboxylic acids is 4. The fourth-order valence-corrected chi connectivity index (χ4v) is 5.79. The summed E-state index contributed by atoms with van der Waals surface area (Å²) in [6, 6.07) is 6.90. The molecule has 1 aliphatic heterocycles. The van der Waals surface area contributed by atoms with E-state index < -0.39 is 47.7 Å². The number of hydrogen-bond acceptors (Lipinski definition) is 10. The van der Waals surface area contributed by atoms with E-state index in [1.807, 2.05) is 24.3 Å². The number of para-hydroxylation sites is 2. The van der Waals surface area contributed by atoms with Gasteiger partial charge in [0.2, 0.25) is 5.91 Å². The van der Waals surface area contributed by atoms with Gasteiger partial charge >= 0.3 is 17.9 Å². The van der Waals surface area contributed by atoms with Gasteiger partial charge in [0.05, 0.1) is 11.0 Å². The summed E-state index contributed by atoms with van der Waals surface area (Å²) in [4.78, 5) is 52.8. The van der Waals surface area contributed by atoms with Crippen LogP contribution in [0.5, 0.6) is 0 Å². The first-order valence-corrected chi connectivity index (χ1v) is 14.0. The van der Waals surface area contributed by atoms with Crippen LogP contribution < -0.4 is 5.32 Å². The number of thioether (sulfide) groups is 1. The summed E-state index contributed by atoms with van der Waals surface area (Å²) in [5, 5.41) is 3.47. The SMILES string of the molecule is CCCCCCn1c(S[C@@H]2O[C@H](COC(C)=O)[C@@H](OC(C)=O)[C@H](OC(C)=O)[C@H]2NC(C)=O)nc2ccccc21. The van der Waals surface area contributed by atoms with Gasteiger partial charge in [-0.25, -0.2) is 4.98 Å². The number of nitrogens with zero attached hydrogens (tertiary/aromatic N) is 2. The van der Waals surface area contributed by atoms with E-state index in [9.17, 15) is 19.2 Å². The van der Waals surface area contributed by atoms with Crippen molar-refractivity contribution in [3.05, 3.63) is 24.3 Å². The maximum absolute atomic E-state index is 12.3. The fraction of sp³-hybridized carbons (Fsp3) is 0.593. The number of hydrogen-bond donors (Lipinski definition) is 1. The highest BCUT2D eigenvalue weighted by Crippen LogP contribution is 2.37. The van der Waals surface area contributed by atoms with Crippen molar-refractivity contribution in [2.75, 3.05) is 6.61 Å².